The lowest BCUT2D eigenvalue weighted by atomic mass is 10.1. The molecular weight excluding hydrogens is 337 g/mol. The average molecular weight is 357 g/mol. The largest absolute Gasteiger partial charge is 0.481 e. The standard InChI is InChI=1S/C19H20FN3O3/c1-11-5-6-13(20)15(9-11)23-14-4-2-3-12(14)16(22-23)17(24)21-10-19(7-8-19)18(25)26/h5-6,9H,2-4,7-8,10H2,1H3,(H,21,24)(H,25,26). The van der Waals surface area contributed by atoms with Crippen molar-refractivity contribution in [3.63, 3.8) is 0 Å². The lowest BCUT2D eigenvalue weighted by molar-refractivity contribution is -0.143. The van der Waals surface area contributed by atoms with Gasteiger partial charge < -0.3 is 10.4 Å². The second-order valence-electron chi connectivity index (χ2n) is 7.26. The van der Waals surface area contributed by atoms with E-state index < -0.39 is 11.4 Å². The van der Waals surface area contributed by atoms with Crippen LogP contribution in [0.5, 0.6) is 0 Å². The molecule has 1 aromatic heterocycles. The van der Waals surface area contributed by atoms with E-state index in [0.717, 1.165) is 36.1 Å². The molecule has 2 aliphatic rings. The summed E-state index contributed by atoms with van der Waals surface area (Å²) in [4.78, 5) is 23.9. The molecule has 2 aromatic rings. The second kappa shape index (κ2) is 5.93. The quantitative estimate of drug-likeness (QED) is 0.861. The van der Waals surface area contributed by atoms with Crippen LogP contribution in [0, 0.1) is 18.2 Å². The number of hydrogen-bond donors (Lipinski definition) is 2. The molecule has 1 saturated carbocycles. The maximum atomic E-state index is 14.3. The van der Waals surface area contributed by atoms with Crippen molar-refractivity contribution in [2.45, 2.75) is 39.0 Å². The highest BCUT2D eigenvalue weighted by Crippen LogP contribution is 2.45. The van der Waals surface area contributed by atoms with Crippen molar-refractivity contribution in [3.8, 4) is 5.69 Å². The van der Waals surface area contributed by atoms with E-state index in [0.29, 0.717) is 18.5 Å². The van der Waals surface area contributed by atoms with Crippen molar-refractivity contribution in [2.24, 2.45) is 5.41 Å². The summed E-state index contributed by atoms with van der Waals surface area (Å²) < 4.78 is 15.8. The van der Waals surface area contributed by atoms with Crippen LogP contribution in [0.1, 0.15) is 46.6 Å². The molecule has 136 valence electrons. The number of halogens is 1. The molecule has 2 N–H and O–H groups in total. The Kier molecular flexibility index (Phi) is 3.82. The van der Waals surface area contributed by atoms with E-state index in [1.54, 1.807) is 12.1 Å². The number of nitrogens with one attached hydrogen (secondary N) is 1. The Morgan fingerprint density at radius 3 is 2.81 bits per heavy atom. The molecule has 0 spiro atoms. The summed E-state index contributed by atoms with van der Waals surface area (Å²) in [5, 5.41) is 16.3. The molecule has 26 heavy (non-hydrogen) atoms. The van der Waals surface area contributed by atoms with Crippen molar-refractivity contribution < 1.29 is 19.1 Å². The fourth-order valence-electron chi connectivity index (χ4n) is 3.55. The summed E-state index contributed by atoms with van der Waals surface area (Å²) in [5.74, 6) is -1.65. The summed E-state index contributed by atoms with van der Waals surface area (Å²) in [6.07, 6.45) is 3.49. The summed E-state index contributed by atoms with van der Waals surface area (Å²) in [6, 6.07) is 4.81. The van der Waals surface area contributed by atoms with E-state index in [-0.39, 0.29) is 24.0 Å². The number of fused-ring (bicyclic) bond motifs is 1. The van der Waals surface area contributed by atoms with Gasteiger partial charge in [0.1, 0.15) is 11.5 Å². The van der Waals surface area contributed by atoms with Gasteiger partial charge in [0.2, 0.25) is 0 Å². The molecule has 1 aromatic carbocycles. The van der Waals surface area contributed by atoms with Crippen LogP contribution < -0.4 is 5.32 Å². The van der Waals surface area contributed by atoms with Gasteiger partial charge in [-0.25, -0.2) is 9.07 Å². The Hall–Kier alpha value is -2.70. The van der Waals surface area contributed by atoms with Gasteiger partial charge in [0.05, 0.1) is 5.41 Å². The molecule has 0 atom stereocenters. The van der Waals surface area contributed by atoms with E-state index in [1.807, 2.05) is 6.92 Å². The van der Waals surface area contributed by atoms with Crippen LogP contribution in [-0.4, -0.2) is 33.3 Å². The van der Waals surface area contributed by atoms with Crippen LogP contribution in [0.3, 0.4) is 0 Å². The molecule has 1 fully saturated rings. The monoisotopic (exact) mass is 357 g/mol. The van der Waals surface area contributed by atoms with Crippen molar-refractivity contribution in [1.82, 2.24) is 15.1 Å². The minimum Gasteiger partial charge on any atom is -0.481 e. The van der Waals surface area contributed by atoms with E-state index in [2.05, 4.69) is 10.4 Å². The summed E-state index contributed by atoms with van der Waals surface area (Å²) in [7, 11) is 0. The minimum absolute atomic E-state index is 0.0988. The normalized spacial score (nSPS) is 17.0. The van der Waals surface area contributed by atoms with Crippen LogP contribution >= 0.6 is 0 Å². The van der Waals surface area contributed by atoms with Gasteiger partial charge in [0, 0.05) is 17.8 Å². The van der Waals surface area contributed by atoms with Crippen molar-refractivity contribution in [2.75, 3.05) is 6.54 Å². The van der Waals surface area contributed by atoms with Crippen LogP contribution in [0.4, 0.5) is 4.39 Å². The summed E-state index contributed by atoms with van der Waals surface area (Å²) in [6.45, 7) is 1.98. The predicted molar refractivity (Wildman–Crippen MR) is 91.9 cm³/mol. The minimum atomic E-state index is -0.879. The first-order valence-electron chi connectivity index (χ1n) is 8.80. The summed E-state index contributed by atoms with van der Waals surface area (Å²) in [5.41, 5.74) is 2.39. The Bertz CT molecular complexity index is 915. The topological polar surface area (TPSA) is 84.2 Å². The first kappa shape index (κ1) is 16.8. The highest BCUT2D eigenvalue weighted by atomic mass is 19.1. The molecule has 1 amide bonds. The highest BCUT2D eigenvalue weighted by Gasteiger charge is 2.50. The first-order chi connectivity index (χ1) is 12.4. The number of amides is 1. The fraction of sp³-hybridized carbons (Fsp3) is 0.421. The number of benzene rings is 1. The molecule has 0 aliphatic heterocycles. The van der Waals surface area contributed by atoms with E-state index in [1.165, 1.54) is 10.7 Å². The molecule has 4 rings (SSSR count). The van der Waals surface area contributed by atoms with Gasteiger partial charge in [-0.3, -0.25) is 9.59 Å². The number of aromatic nitrogens is 2. The van der Waals surface area contributed by atoms with Gasteiger partial charge in [0.15, 0.2) is 5.69 Å². The Labute approximate surface area is 150 Å². The van der Waals surface area contributed by atoms with Crippen LogP contribution in [-0.2, 0) is 17.6 Å². The number of aryl methyl sites for hydroxylation is 1. The van der Waals surface area contributed by atoms with E-state index in [9.17, 15) is 19.1 Å². The molecular formula is C19H20FN3O3. The smallest absolute Gasteiger partial charge is 0.311 e. The highest BCUT2D eigenvalue weighted by molar-refractivity contribution is 5.94. The second-order valence-corrected chi connectivity index (χ2v) is 7.26. The van der Waals surface area contributed by atoms with Gasteiger partial charge in [-0.05, 0) is 56.7 Å². The van der Waals surface area contributed by atoms with Gasteiger partial charge in [0.25, 0.3) is 5.91 Å². The fourth-order valence-corrected chi connectivity index (χ4v) is 3.55. The zero-order chi connectivity index (χ0) is 18.5. The van der Waals surface area contributed by atoms with Gasteiger partial charge in [-0.2, -0.15) is 5.10 Å². The lowest BCUT2D eigenvalue weighted by Crippen LogP contribution is -2.34. The zero-order valence-corrected chi connectivity index (χ0v) is 14.5. The van der Waals surface area contributed by atoms with Crippen molar-refractivity contribution in [3.05, 3.63) is 46.5 Å². The summed E-state index contributed by atoms with van der Waals surface area (Å²) >= 11 is 0. The number of nitrogens with zero attached hydrogens (tertiary/aromatic N) is 2. The molecule has 6 nitrogen and oxygen atoms in total. The average Bonchev–Trinajstić information content (AvgIpc) is 3.11. The number of carbonyl (C=O) groups is 2. The lowest BCUT2D eigenvalue weighted by Gasteiger charge is -2.10. The third-order valence-electron chi connectivity index (χ3n) is 5.37. The first-order valence-corrected chi connectivity index (χ1v) is 8.80. The van der Waals surface area contributed by atoms with Crippen molar-refractivity contribution in [1.29, 1.82) is 0 Å². The number of hydrogen-bond acceptors (Lipinski definition) is 3. The van der Waals surface area contributed by atoms with Gasteiger partial charge >= 0.3 is 5.97 Å². The van der Waals surface area contributed by atoms with E-state index >= 15 is 0 Å². The number of aliphatic carboxylic acids is 1. The SMILES string of the molecule is Cc1ccc(F)c(-n2nc(C(=O)NCC3(C(=O)O)CC3)c3c2CCC3)c1. The van der Waals surface area contributed by atoms with Crippen LogP contribution in [0.15, 0.2) is 18.2 Å². The molecule has 0 saturated heterocycles. The Morgan fingerprint density at radius 1 is 1.35 bits per heavy atom. The molecule has 0 unspecified atom stereocenters. The van der Waals surface area contributed by atoms with Gasteiger partial charge in [-0.1, -0.05) is 6.07 Å². The maximum Gasteiger partial charge on any atom is 0.311 e. The number of rotatable bonds is 5. The Balaban J connectivity index is 1.65. The van der Waals surface area contributed by atoms with E-state index in [4.69, 9.17) is 0 Å². The molecule has 0 bridgehead atoms. The van der Waals surface area contributed by atoms with Gasteiger partial charge in [-0.15, -0.1) is 0 Å². The number of carbonyl (C=O) groups excluding carboxylic acids is 1. The number of carboxylic acids is 1. The maximum absolute atomic E-state index is 14.3. The third-order valence-corrected chi connectivity index (χ3v) is 5.37. The third kappa shape index (κ3) is 2.67. The number of carboxylic acid groups (broad SMARTS) is 1. The van der Waals surface area contributed by atoms with Crippen LogP contribution in [0.25, 0.3) is 5.69 Å². The van der Waals surface area contributed by atoms with Crippen LogP contribution in [0.2, 0.25) is 0 Å². The molecule has 1 heterocycles. The molecule has 7 heteroatoms. The Morgan fingerprint density at radius 2 is 2.12 bits per heavy atom. The molecule has 0 radical (unpaired) electrons. The predicted octanol–water partition coefficient (Wildman–Crippen LogP) is 2.40. The van der Waals surface area contributed by atoms with Crippen molar-refractivity contribution >= 4 is 11.9 Å². The zero-order valence-electron chi connectivity index (χ0n) is 14.5. The molecule has 2 aliphatic carbocycles.